The highest BCUT2D eigenvalue weighted by Crippen LogP contribution is 2.13. The minimum Gasteiger partial charge on any atom is -0.342 e. The second-order valence-electron chi connectivity index (χ2n) is 4.10. The van der Waals surface area contributed by atoms with Crippen LogP contribution in [-0.4, -0.2) is 43.0 Å². The predicted octanol–water partition coefficient (Wildman–Crippen LogP) is -0.705. The molecule has 0 radical (unpaired) electrons. The molecule has 0 bridgehead atoms. The number of likely N-dealkylation sites (tertiary alicyclic amines) is 1. The van der Waals surface area contributed by atoms with Crippen LogP contribution in [0.2, 0.25) is 0 Å². The standard InChI is InChI=1S/C10H18N4O/c1-8-6-14(5-2-9(8)12)7-10(15)13-4-3-11/h8-9H,2,4-7,12H2,1H3,(H,13,15). The summed E-state index contributed by atoms with van der Waals surface area (Å²) in [6.07, 6.45) is 0.937. The molecule has 15 heavy (non-hydrogen) atoms. The van der Waals surface area contributed by atoms with Crippen LogP contribution in [-0.2, 0) is 4.79 Å². The van der Waals surface area contributed by atoms with E-state index in [4.69, 9.17) is 11.0 Å². The number of nitrogens with two attached hydrogens (primary N) is 1. The molecule has 1 heterocycles. The molecular formula is C10H18N4O. The number of nitriles is 1. The third-order valence-electron chi connectivity index (χ3n) is 2.79. The van der Waals surface area contributed by atoms with Crippen molar-refractivity contribution in [3.63, 3.8) is 0 Å². The third kappa shape index (κ3) is 3.86. The molecule has 2 atom stereocenters. The number of hydrogen-bond acceptors (Lipinski definition) is 4. The van der Waals surface area contributed by atoms with Crippen molar-refractivity contribution in [2.75, 3.05) is 26.2 Å². The van der Waals surface area contributed by atoms with Crippen molar-refractivity contribution >= 4 is 5.91 Å². The maximum Gasteiger partial charge on any atom is 0.235 e. The Labute approximate surface area is 90.2 Å². The van der Waals surface area contributed by atoms with E-state index in [0.717, 1.165) is 19.5 Å². The summed E-state index contributed by atoms with van der Waals surface area (Å²) in [5.74, 6) is 0.349. The zero-order valence-electron chi connectivity index (χ0n) is 9.07. The van der Waals surface area contributed by atoms with Gasteiger partial charge in [0.25, 0.3) is 0 Å². The first-order chi connectivity index (χ1) is 7.13. The van der Waals surface area contributed by atoms with E-state index in [0.29, 0.717) is 12.5 Å². The Morgan fingerprint density at radius 1 is 1.73 bits per heavy atom. The summed E-state index contributed by atoms with van der Waals surface area (Å²) >= 11 is 0. The predicted molar refractivity (Wildman–Crippen MR) is 56.8 cm³/mol. The van der Waals surface area contributed by atoms with Gasteiger partial charge in [-0.1, -0.05) is 6.92 Å². The molecule has 0 aliphatic carbocycles. The molecular weight excluding hydrogens is 192 g/mol. The Hall–Kier alpha value is -1.12. The summed E-state index contributed by atoms with van der Waals surface area (Å²) in [5.41, 5.74) is 5.88. The largest absolute Gasteiger partial charge is 0.342 e. The molecule has 0 aromatic rings. The van der Waals surface area contributed by atoms with Crippen molar-refractivity contribution in [3.05, 3.63) is 0 Å². The summed E-state index contributed by atoms with van der Waals surface area (Å²) in [6, 6.07) is 2.13. The molecule has 1 saturated heterocycles. The van der Waals surface area contributed by atoms with Crippen LogP contribution in [0.5, 0.6) is 0 Å². The van der Waals surface area contributed by atoms with Gasteiger partial charge < -0.3 is 11.1 Å². The molecule has 84 valence electrons. The average molecular weight is 210 g/mol. The highest BCUT2D eigenvalue weighted by molar-refractivity contribution is 5.78. The number of piperidine rings is 1. The Morgan fingerprint density at radius 3 is 3.07 bits per heavy atom. The van der Waals surface area contributed by atoms with Crippen LogP contribution in [0, 0.1) is 17.2 Å². The normalized spacial score (nSPS) is 27.0. The molecule has 2 unspecified atom stereocenters. The van der Waals surface area contributed by atoms with E-state index >= 15 is 0 Å². The maximum atomic E-state index is 11.3. The summed E-state index contributed by atoms with van der Waals surface area (Å²) < 4.78 is 0. The van der Waals surface area contributed by atoms with Gasteiger partial charge in [-0.25, -0.2) is 0 Å². The lowest BCUT2D eigenvalue weighted by Gasteiger charge is -2.34. The molecule has 1 rings (SSSR count). The molecule has 0 spiro atoms. The number of nitrogens with zero attached hydrogens (tertiary/aromatic N) is 2. The van der Waals surface area contributed by atoms with Crippen molar-refractivity contribution < 1.29 is 4.79 Å². The Morgan fingerprint density at radius 2 is 2.47 bits per heavy atom. The molecule has 0 aromatic heterocycles. The lowest BCUT2D eigenvalue weighted by molar-refractivity contribution is -0.122. The first kappa shape index (κ1) is 12.0. The van der Waals surface area contributed by atoms with Gasteiger partial charge >= 0.3 is 0 Å². The number of hydrogen-bond donors (Lipinski definition) is 2. The van der Waals surface area contributed by atoms with Gasteiger partial charge in [0.2, 0.25) is 5.91 Å². The number of carbonyl (C=O) groups is 1. The zero-order valence-corrected chi connectivity index (χ0v) is 9.07. The van der Waals surface area contributed by atoms with Gasteiger partial charge in [0.1, 0.15) is 6.54 Å². The van der Waals surface area contributed by atoms with Crippen LogP contribution in [0.15, 0.2) is 0 Å². The number of nitrogens with one attached hydrogen (secondary N) is 1. The van der Waals surface area contributed by atoms with Gasteiger partial charge in [-0.15, -0.1) is 0 Å². The zero-order chi connectivity index (χ0) is 11.3. The van der Waals surface area contributed by atoms with E-state index in [2.05, 4.69) is 17.1 Å². The SMILES string of the molecule is CC1CN(CC(=O)NCC#N)CCC1N. The summed E-state index contributed by atoms with van der Waals surface area (Å²) in [4.78, 5) is 13.4. The molecule has 0 saturated carbocycles. The van der Waals surface area contributed by atoms with E-state index in [9.17, 15) is 4.79 Å². The van der Waals surface area contributed by atoms with Crippen molar-refractivity contribution in [1.82, 2.24) is 10.2 Å². The van der Waals surface area contributed by atoms with Crippen molar-refractivity contribution in [2.45, 2.75) is 19.4 Å². The maximum absolute atomic E-state index is 11.3. The lowest BCUT2D eigenvalue weighted by Crippen LogP contribution is -2.48. The van der Waals surface area contributed by atoms with Gasteiger partial charge in [-0.3, -0.25) is 9.69 Å². The molecule has 1 aliphatic rings. The topological polar surface area (TPSA) is 82.2 Å². The highest BCUT2D eigenvalue weighted by atomic mass is 16.2. The Kier molecular flexibility index (Phi) is 4.53. The van der Waals surface area contributed by atoms with E-state index < -0.39 is 0 Å². The first-order valence-electron chi connectivity index (χ1n) is 5.25. The van der Waals surface area contributed by atoms with Crippen molar-refractivity contribution in [1.29, 1.82) is 5.26 Å². The molecule has 5 heteroatoms. The molecule has 1 fully saturated rings. The van der Waals surface area contributed by atoms with Crippen LogP contribution in [0.3, 0.4) is 0 Å². The van der Waals surface area contributed by atoms with Crippen LogP contribution in [0.4, 0.5) is 0 Å². The lowest BCUT2D eigenvalue weighted by atomic mass is 9.95. The smallest absolute Gasteiger partial charge is 0.235 e. The number of amides is 1. The molecule has 3 N–H and O–H groups in total. The fourth-order valence-corrected chi connectivity index (χ4v) is 1.79. The van der Waals surface area contributed by atoms with Crippen LogP contribution in [0.1, 0.15) is 13.3 Å². The van der Waals surface area contributed by atoms with Crippen molar-refractivity contribution in [2.24, 2.45) is 11.7 Å². The minimum absolute atomic E-state index is 0.0841. The van der Waals surface area contributed by atoms with Gasteiger partial charge in [0.05, 0.1) is 12.6 Å². The summed E-state index contributed by atoms with van der Waals surface area (Å²) in [7, 11) is 0. The van der Waals surface area contributed by atoms with Gasteiger partial charge in [0, 0.05) is 19.1 Å². The van der Waals surface area contributed by atoms with Crippen LogP contribution < -0.4 is 11.1 Å². The fourth-order valence-electron chi connectivity index (χ4n) is 1.79. The van der Waals surface area contributed by atoms with Gasteiger partial charge in [0.15, 0.2) is 0 Å². The van der Waals surface area contributed by atoms with E-state index in [1.165, 1.54) is 0 Å². The Balaban J connectivity index is 2.28. The minimum atomic E-state index is -0.0841. The number of carbonyl (C=O) groups excluding carboxylic acids is 1. The van der Waals surface area contributed by atoms with E-state index in [-0.39, 0.29) is 18.5 Å². The first-order valence-corrected chi connectivity index (χ1v) is 5.25. The van der Waals surface area contributed by atoms with Gasteiger partial charge in [-0.2, -0.15) is 5.26 Å². The highest BCUT2D eigenvalue weighted by Gasteiger charge is 2.23. The average Bonchev–Trinajstić information content (AvgIpc) is 2.20. The molecule has 1 amide bonds. The van der Waals surface area contributed by atoms with E-state index in [1.54, 1.807) is 0 Å². The molecule has 5 nitrogen and oxygen atoms in total. The van der Waals surface area contributed by atoms with Crippen LogP contribution in [0.25, 0.3) is 0 Å². The summed E-state index contributed by atoms with van der Waals surface area (Å²) in [5, 5.41) is 10.8. The second kappa shape index (κ2) is 5.69. The van der Waals surface area contributed by atoms with E-state index in [1.807, 2.05) is 6.07 Å². The summed E-state index contributed by atoms with van der Waals surface area (Å²) in [6.45, 7) is 4.29. The quantitative estimate of drug-likeness (QED) is 0.603. The monoisotopic (exact) mass is 210 g/mol. The van der Waals surface area contributed by atoms with Gasteiger partial charge in [-0.05, 0) is 12.3 Å². The second-order valence-corrected chi connectivity index (χ2v) is 4.10. The number of rotatable bonds is 3. The molecule has 0 aromatic carbocycles. The fraction of sp³-hybridized carbons (Fsp3) is 0.800. The Bertz CT molecular complexity index is 261. The molecule has 1 aliphatic heterocycles. The van der Waals surface area contributed by atoms with Crippen LogP contribution >= 0.6 is 0 Å². The third-order valence-corrected chi connectivity index (χ3v) is 2.79. The van der Waals surface area contributed by atoms with Crippen molar-refractivity contribution in [3.8, 4) is 6.07 Å².